The molecule has 2 aliphatic carbocycles. The number of hydrogen-bond acceptors (Lipinski definition) is 8. The number of carbonyl (C=O) groups is 3. The molecule has 0 saturated heterocycles. The average molecular weight is 667 g/mol. The number of hydrogen-bond donors (Lipinski definition) is 1. The summed E-state index contributed by atoms with van der Waals surface area (Å²) in [6, 6.07) is 12.7. The van der Waals surface area contributed by atoms with Crippen LogP contribution in [0.5, 0.6) is 0 Å². The molecule has 0 aliphatic heterocycles. The van der Waals surface area contributed by atoms with Gasteiger partial charge < -0.3 is 14.9 Å². The van der Waals surface area contributed by atoms with E-state index in [0.717, 1.165) is 48.3 Å². The van der Waals surface area contributed by atoms with Crippen molar-refractivity contribution >= 4 is 41.4 Å². The van der Waals surface area contributed by atoms with Gasteiger partial charge in [0.05, 0.1) is 0 Å². The van der Waals surface area contributed by atoms with Crippen LogP contribution in [0.25, 0.3) is 0 Å². The average Bonchev–Trinajstić information content (AvgIpc) is 2.88. The van der Waals surface area contributed by atoms with E-state index in [2.05, 4.69) is 36.9 Å². The van der Waals surface area contributed by atoms with Gasteiger partial charge in [-0.05, 0) is 151 Å². The smallest absolute Gasteiger partial charge is 0.870 e. The van der Waals surface area contributed by atoms with Crippen LogP contribution in [0.4, 0.5) is 0 Å². The SMILES string of the molecule is CC(=O)Sc1ccc2c(c1)CCC[C@H]2CCC(=O)OC(C)(C)C.CC(C)(C)OC(=O)CC[C@@H]1CCCc2cc(S)ccc21.[Na+].[OH-]. The topological polar surface area (TPSA) is 99.7 Å². The zero-order valence-electron chi connectivity index (χ0n) is 28.5. The van der Waals surface area contributed by atoms with Gasteiger partial charge in [-0.2, -0.15) is 0 Å². The Bertz CT molecular complexity index is 1280. The number of thiol groups is 1. The third-order valence-corrected chi connectivity index (χ3v) is 8.67. The second kappa shape index (κ2) is 18.9. The summed E-state index contributed by atoms with van der Waals surface area (Å²) in [4.78, 5) is 37.0. The van der Waals surface area contributed by atoms with Gasteiger partial charge in [-0.1, -0.05) is 23.9 Å². The number of fused-ring (bicyclic) bond motifs is 2. The Labute approximate surface area is 302 Å². The minimum absolute atomic E-state index is 0. The zero-order chi connectivity index (χ0) is 31.8. The molecule has 0 aromatic heterocycles. The number of thioether (sulfide) groups is 1. The molecule has 0 heterocycles. The molecule has 0 spiro atoms. The summed E-state index contributed by atoms with van der Waals surface area (Å²) in [6.45, 7) is 13.0. The largest absolute Gasteiger partial charge is 1.00 e. The third-order valence-electron chi connectivity index (χ3n) is 7.61. The fraction of sp³-hybridized carbons (Fsp3) is 0.583. The van der Waals surface area contributed by atoms with Crippen LogP contribution in [0, 0.1) is 0 Å². The molecule has 2 atom stereocenters. The van der Waals surface area contributed by atoms with Crippen molar-refractivity contribution in [2.45, 2.75) is 146 Å². The number of esters is 2. The first-order chi connectivity index (χ1) is 20.1. The van der Waals surface area contributed by atoms with Crippen LogP contribution < -0.4 is 29.6 Å². The van der Waals surface area contributed by atoms with E-state index >= 15 is 0 Å². The van der Waals surface area contributed by atoms with Crippen molar-refractivity contribution in [1.29, 1.82) is 0 Å². The van der Waals surface area contributed by atoms with Gasteiger partial charge in [0.15, 0.2) is 5.12 Å². The minimum atomic E-state index is -0.416. The molecule has 2 aromatic carbocycles. The van der Waals surface area contributed by atoms with Crippen molar-refractivity contribution in [3.63, 3.8) is 0 Å². The van der Waals surface area contributed by atoms with Crippen LogP contribution in [-0.2, 0) is 36.7 Å². The van der Waals surface area contributed by atoms with Crippen LogP contribution in [0.1, 0.15) is 134 Å². The Kier molecular flexibility index (Phi) is 17.5. The molecule has 0 saturated carbocycles. The summed E-state index contributed by atoms with van der Waals surface area (Å²) >= 11 is 5.69. The summed E-state index contributed by atoms with van der Waals surface area (Å²) in [7, 11) is 0. The molecule has 2 aromatic rings. The third kappa shape index (κ3) is 15.0. The van der Waals surface area contributed by atoms with Gasteiger partial charge in [0, 0.05) is 29.6 Å². The van der Waals surface area contributed by atoms with E-state index in [-0.39, 0.29) is 57.7 Å². The molecule has 0 fully saturated rings. The van der Waals surface area contributed by atoms with Crippen molar-refractivity contribution in [3.8, 4) is 0 Å². The second-order valence-corrected chi connectivity index (χ2v) is 15.5. The quantitative estimate of drug-likeness (QED) is 0.162. The second-order valence-electron chi connectivity index (χ2n) is 13.8. The van der Waals surface area contributed by atoms with Gasteiger partial charge in [0.2, 0.25) is 0 Å². The van der Waals surface area contributed by atoms with Crippen LogP contribution in [0.3, 0.4) is 0 Å². The van der Waals surface area contributed by atoms with Crippen LogP contribution in [0.15, 0.2) is 46.2 Å². The maximum atomic E-state index is 11.9. The van der Waals surface area contributed by atoms with Gasteiger partial charge in [-0.15, -0.1) is 12.6 Å². The molecule has 0 unspecified atom stereocenters. The standard InChI is InChI=1S/C19H26O3S.C17H24O2S.Na.H2O/c1-13(20)23-16-9-10-17-14(6-5-7-15(17)12-16)8-11-18(21)22-19(2,3)4;1-17(2,3)19-16(18)10-7-12-5-4-6-13-11-14(20)8-9-15(12)13;;/h9-10,12,14H,5-8,11H2,1-4H3;8-9,11-12,20H,4-7,10H2,1-3H3;;1H2/q;;+1;/p-1/t14-;12-;;/m00../s1. The maximum Gasteiger partial charge on any atom is 1.00 e. The molecule has 2 aliphatic rings. The van der Waals surface area contributed by atoms with Gasteiger partial charge in [0.1, 0.15) is 11.2 Å². The zero-order valence-corrected chi connectivity index (χ0v) is 32.2. The molecule has 244 valence electrons. The predicted molar refractivity (Wildman–Crippen MR) is 180 cm³/mol. The molecular formula is C36H51NaO6S2. The predicted octanol–water partition coefficient (Wildman–Crippen LogP) is 6.21. The van der Waals surface area contributed by atoms with Crippen molar-refractivity contribution in [2.75, 3.05) is 0 Å². The van der Waals surface area contributed by atoms with Gasteiger partial charge in [-0.3, -0.25) is 14.4 Å². The van der Waals surface area contributed by atoms with E-state index < -0.39 is 5.60 Å². The summed E-state index contributed by atoms with van der Waals surface area (Å²) in [5.74, 6) is 0.701. The Morgan fingerprint density at radius 1 is 0.778 bits per heavy atom. The molecule has 45 heavy (non-hydrogen) atoms. The first kappa shape index (κ1) is 41.7. The fourth-order valence-corrected chi connectivity index (χ4v) is 6.89. The summed E-state index contributed by atoms with van der Waals surface area (Å²) < 4.78 is 10.8. The van der Waals surface area contributed by atoms with Crippen molar-refractivity contribution in [1.82, 2.24) is 0 Å². The summed E-state index contributed by atoms with van der Waals surface area (Å²) in [6.07, 6.45) is 9.50. The Hall–Kier alpha value is -1.29. The summed E-state index contributed by atoms with van der Waals surface area (Å²) in [5.41, 5.74) is 4.67. The number of rotatable bonds is 7. The van der Waals surface area contributed by atoms with E-state index in [1.54, 1.807) is 6.92 Å². The van der Waals surface area contributed by atoms with E-state index in [1.807, 2.05) is 53.7 Å². The van der Waals surface area contributed by atoms with E-state index in [9.17, 15) is 14.4 Å². The molecule has 1 N–H and O–H groups in total. The number of benzene rings is 2. The van der Waals surface area contributed by atoms with Crippen molar-refractivity contribution < 1.29 is 58.9 Å². The minimum Gasteiger partial charge on any atom is -0.870 e. The first-order valence-corrected chi connectivity index (χ1v) is 16.9. The number of ether oxygens (including phenoxy) is 2. The molecule has 0 radical (unpaired) electrons. The van der Waals surface area contributed by atoms with Gasteiger partial charge in [-0.25, -0.2) is 0 Å². The molecule has 0 bridgehead atoms. The van der Waals surface area contributed by atoms with Crippen LogP contribution >= 0.6 is 24.4 Å². The Balaban J connectivity index is 0.000000434. The maximum absolute atomic E-state index is 11.9. The monoisotopic (exact) mass is 666 g/mol. The molecule has 4 rings (SSSR count). The van der Waals surface area contributed by atoms with Crippen molar-refractivity contribution in [2.24, 2.45) is 0 Å². The molecule has 9 heteroatoms. The van der Waals surface area contributed by atoms with Gasteiger partial charge >= 0.3 is 41.5 Å². The van der Waals surface area contributed by atoms with Crippen molar-refractivity contribution in [3.05, 3.63) is 58.7 Å². The Morgan fingerprint density at radius 3 is 1.67 bits per heavy atom. The number of aryl methyl sites for hydroxylation is 2. The van der Waals surface area contributed by atoms with E-state index in [4.69, 9.17) is 9.47 Å². The van der Waals surface area contributed by atoms with Crippen LogP contribution in [0.2, 0.25) is 0 Å². The fourth-order valence-electron chi connectivity index (χ4n) is 5.99. The molecular weight excluding hydrogens is 616 g/mol. The Morgan fingerprint density at radius 2 is 1.22 bits per heavy atom. The van der Waals surface area contributed by atoms with E-state index in [0.29, 0.717) is 24.7 Å². The van der Waals surface area contributed by atoms with Crippen LogP contribution in [-0.4, -0.2) is 33.7 Å². The van der Waals surface area contributed by atoms with E-state index in [1.165, 1.54) is 46.9 Å². The number of carbonyl (C=O) groups excluding carboxylic acids is 3. The summed E-state index contributed by atoms with van der Waals surface area (Å²) in [5, 5.41) is 0.113. The first-order valence-electron chi connectivity index (χ1n) is 15.7. The molecule has 6 nitrogen and oxygen atoms in total. The normalized spacial score (nSPS) is 17.2. The molecule has 0 amide bonds. The van der Waals surface area contributed by atoms with Gasteiger partial charge in [0.25, 0.3) is 0 Å².